The molecule has 6 nitrogen and oxygen atoms in total. The Hall–Kier alpha value is -3.29. The van der Waals surface area contributed by atoms with Crippen LogP contribution in [-0.2, 0) is 4.79 Å². The molecule has 0 spiro atoms. The number of hydrogen-bond donors (Lipinski definition) is 2. The van der Waals surface area contributed by atoms with Crippen molar-refractivity contribution in [3.63, 3.8) is 0 Å². The number of benzene rings is 2. The average molecular weight is 453 g/mol. The van der Waals surface area contributed by atoms with Crippen LogP contribution in [0.2, 0.25) is 5.02 Å². The molecular weight excluding hydrogens is 436 g/mol. The number of aryl methyl sites for hydroxylation is 2. The summed E-state index contributed by atoms with van der Waals surface area (Å²) in [7, 11) is 0. The van der Waals surface area contributed by atoms with Crippen molar-refractivity contribution in [2.75, 3.05) is 0 Å². The molecule has 1 aliphatic heterocycles. The number of carbonyl (C=O) groups excluding carboxylic acids is 1. The zero-order valence-electron chi connectivity index (χ0n) is 16.6. The zero-order valence-corrected chi connectivity index (χ0v) is 18.2. The van der Waals surface area contributed by atoms with E-state index in [4.69, 9.17) is 16.0 Å². The molecule has 1 aliphatic rings. The maximum absolute atomic E-state index is 12.3. The highest BCUT2D eigenvalue weighted by atomic mass is 35.5. The molecule has 156 valence electrons. The van der Waals surface area contributed by atoms with Gasteiger partial charge >= 0.3 is 5.97 Å². The minimum Gasteiger partial charge on any atom is -0.478 e. The van der Waals surface area contributed by atoms with Gasteiger partial charge in [-0.3, -0.25) is 4.79 Å². The molecule has 1 aromatic heterocycles. The predicted octanol–water partition coefficient (Wildman–Crippen LogP) is 5.81. The smallest absolute Gasteiger partial charge is 0.337 e. The van der Waals surface area contributed by atoms with Crippen molar-refractivity contribution in [3.8, 4) is 11.3 Å². The lowest BCUT2D eigenvalue weighted by Crippen LogP contribution is -2.19. The first-order valence-corrected chi connectivity index (χ1v) is 10.5. The number of amides is 1. The number of halogens is 1. The third-order valence-electron chi connectivity index (χ3n) is 4.47. The van der Waals surface area contributed by atoms with Crippen LogP contribution in [0, 0.1) is 13.8 Å². The molecule has 0 radical (unpaired) electrons. The van der Waals surface area contributed by atoms with E-state index in [0.717, 1.165) is 16.8 Å². The van der Waals surface area contributed by atoms with Crippen molar-refractivity contribution in [2.45, 2.75) is 13.8 Å². The van der Waals surface area contributed by atoms with E-state index in [-0.39, 0.29) is 16.5 Å². The van der Waals surface area contributed by atoms with Gasteiger partial charge in [0.2, 0.25) is 0 Å². The van der Waals surface area contributed by atoms with Gasteiger partial charge in [-0.1, -0.05) is 17.7 Å². The Kier molecular flexibility index (Phi) is 5.71. The van der Waals surface area contributed by atoms with E-state index in [9.17, 15) is 14.7 Å². The van der Waals surface area contributed by atoms with E-state index in [1.165, 1.54) is 23.9 Å². The molecule has 0 aliphatic carbocycles. The molecule has 2 N–H and O–H groups in total. The maximum Gasteiger partial charge on any atom is 0.337 e. The van der Waals surface area contributed by atoms with Crippen LogP contribution in [0.5, 0.6) is 0 Å². The van der Waals surface area contributed by atoms with Gasteiger partial charge in [0.1, 0.15) is 11.5 Å². The molecule has 1 saturated heterocycles. The van der Waals surface area contributed by atoms with Gasteiger partial charge in [0.25, 0.3) is 5.91 Å². The number of hydrogen-bond acceptors (Lipinski definition) is 5. The molecule has 8 heteroatoms. The molecule has 2 aromatic carbocycles. The summed E-state index contributed by atoms with van der Waals surface area (Å²) in [5.74, 6) is -0.438. The first-order valence-electron chi connectivity index (χ1n) is 9.29. The molecule has 0 bridgehead atoms. The highest BCUT2D eigenvalue weighted by Crippen LogP contribution is 2.31. The van der Waals surface area contributed by atoms with Crippen LogP contribution < -0.4 is 5.32 Å². The minimum absolute atomic E-state index is 0.00608. The fourth-order valence-electron chi connectivity index (χ4n) is 3.17. The number of nitrogens with one attached hydrogen (secondary N) is 1. The molecule has 0 saturated carbocycles. The summed E-state index contributed by atoms with van der Waals surface area (Å²) in [6.07, 6.45) is 1.63. The molecular formula is C23H17ClN2O4S. The summed E-state index contributed by atoms with van der Waals surface area (Å²) >= 11 is 7.15. The summed E-state index contributed by atoms with van der Waals surface area (Å²) in [6.45, 7) is 3.99. The van der Waals surface area contributed by atoms with E-state index >= 15 is 0 Å². The van der Waals surface area contributed by atoms with E-state index in [0.29, 0.717) is 27.2 Å². The second-order valence-corrected chi connectivity index (χ2v) is 8.47. The summed E-state index contributed by atoms with van der Waals surface area (Å²) in [4.78, 5) is 28.6. The third-order valence-corrected chi connectivity index (χ3v) is 5.71. The number of aliphatic imine (C=N–C) groups is 1. The second-order valence-electron chi connectivity index (χ2n) is 7.03. The first kappa shape index (κ1) is 21.0. The standard InChI is InChI=1S/C23H17ClN2O4S/c1-12-7-13(2)9-15(8-12)25-23-26-21(27)20(31-23)11-16-4-6-19(30-16)14-3-5-18(24)17(10-14)22(28)29/h3-11H,1-2H3,(H,28,29)(H,25,26,27). The van der Waals surface area contributed by atoms with Gasteiger partial charge in [-0.25, -0.2) is 9.79 Å². The summed E-state index contributed by atoms with van der Waals surface area (Å²) in [5, 5.41) is 12.6. The Morgan fingerprint density at radius 3 is 2.58 bits per heavy atom. The van der Waals surface area contributed by atoms with E-state index < -0.39 is 5.97 Å². The van der Waals surface area contributed by atoms with Crippen molar-refractivity contribution in [1.82, 2.24) is 5.32 Å². The number of furan rings is 1. The molecule has 1 fully saturated rings. The van der Waals surface area contributed by atoms with Crippen LogP contribution in [0.4, 0.5) is 5.69 Å². The number of nitrogens with zero attached hydrogens (tertiary/aromatic N) is 1. The van der Waals surface area contributed by atoms with Crippen molar-refractivity contribution in [1.29, 1.82) is 0 Å². The Morgan fingerprint density at radius 2 is 1.87 bits per heavy atom. The van der Waals surface area contributed by atoms with Crippen molar-refractivity contribution in [2.24, 2.45) is 4.99 Å². The molecule has 31 heavy (non-hydrogen) atoms. The number of carboxylic acid groups (broad SMARTS) is 1. The molecule has 2 heterocycles. The fourth-order valence-corrected chi connectivity index (χ4v) is 4.19. The normalized spacial score (nSPS) is 16.2. The topological polar surface area (TPSA) is 91.9 Å². The first-order chi connectivity index (χ1) is 14.8. The van der Waals surface area contributed by atoms with Crippen LogP contribution >= 0.6 is 23.4 Å². The quantitative estimate of drug-likeness (QED) is 0.487. The van der Waals surface area contributed by atoms with Crippen molar-refractivity contribution < 1.29 is 19.1 Å². The number of rotatable bonds is 4. The van der Waals surface area contributed by atoms with Gasteiger partial charge in [-0.2, -0.15) is 0 Å². The van der Waals surface area contributed by atoms with Gasteiger partial charge in [0.05, 0.1) is 21.2 Å². The lowest BCUT2D eigenvalue weighted by atomic mass is 10.1. The van der Waals surface area contributed by atoms with Crippen LogP contribution in [0.15, 0.2) is 62.8 Å². The Bertz CT molecular complexity index is 1260. The predicted molar refractivity (Wildman–Crippen MR) is 123 cm³/mol. The summed E-state index contributed by atoms with van der Waals surface area (Å²) in [5.41, 5.74) is 3.54. The summed E-state index contributed by atoms with van der Waals surface area (Å²) < 4.78 is 5.79. The SMILES string of the molecule is Cc1cc(C)cc(N=C2NC(=O)C(=Cc3ccc(-c4ccc(Cl)c(C(=O)O)c4)o3)S2)c1. The Labute approximate surface area is 187 Å². The molecule has 4 rings (SSSR count). The second kappa shape index (κ2) is 8.45. The number of amidine groups is 1. The van der Waals surface area contributed by atoms with E-state index in [1.807, 2.05) is 26.0 Å². The van der Waals surface area contributed by atoms with Gasteiger partial charge in [0, 0.05) is 11.6 Å². The van der Waals surface area contributed by atoms with Crippen molar-refractivity contribution >= 4 is 52.2 Å². The lowest BCUT2D eigenvalue weighted by molar-refractivity contribution is -0.115. The van der Waals surface area contributed by atoms with Gasteiger partial charge in [-0.05, 0) is 79.2 Å². The van der Waals surface area contributed by atoms with Gasteiger partial charge in [0.15, 0.2) is 5.17 Å². The highest BCUT2D eigenvalue weighted by Gasteiger charge is 2.24. The zero-order chi connectivity index (χ0) is 22.1. The number of carbonyl (C=O) groups is 2. The van der Waals surface area contributed by atoms with Crippen LogP contribution in [0.1, 0.15) is 27.2 Å². The molecule has 0 atom stereocenters. The average Bonchev–Trinajstić information content (AvgIpc) is 3.28. The Morgan fingerprint density at radius 1 is 1.13 bits per heavy atom. The van der Waals surface area contributed by atoms with Crippen LogP contribution in [-0.4, -0.2) is 22.2 Å². The van der Waals surface area contributed by atoms with E-state index in [1.54, 1.807) is 24.3 Å². The van der Waals surface area contributed by atoms with Crippen LogP contribution in [0.3, 0.4) is 0 Å². The Balaban J connectivity index is 1.57. The van der Waals surface area contributed by atoms with Crippen LogP contribution in [0.25, 0.3) is 17.4 Å². The highest BCUT2D eigenvalue weighted by molar-refractivity contribution is 8.18. The molecule has 1 amide bonds. The van der Waals surface area contributed by atoms with E-state index in [2.05, 4.69) is 16.4 Å². The van der Waals surface area contributed by atoms with Gasteiger partial charge < -0.3 is 14.8 Å². The summed E-state index contributed by atoms with van der Waals surface area (Å²) in [6, 6.07) is 14.0. The largest absolute Gasteiger partial charge is 0.478 e. The minimum atomic E-state index is -1.12. The maximum atomic E-state index is 12.3. The lowest BCUT2D eigenvalue weighted by Gasteiger charge is -2.02. The number of thioether (sulfide) groups is 1. The third kappa shape index (κ3) is 4.73. The van der Waals surface area contributed by atoms with Gasteiger partial charge in [-0.15, -0.1) is 0 Å². The fraction of sp³-hybridized carbons (Fsp3) is 0.0870. The van der Waals surface area contributed by atoms with Crippen molar-refractivity contribution in [3.05, 3.63) is 80.9 Å². The number of aromatic carboxylic acids is 1. The molecule has 3 aromatic rings. The number of carboxylic acids is 1. The monoisotopic (exact) mass is 452 g/mol. The molecule has 0 unspecified atom stereocenters.